The van der Waals surface area contributed by atoms with Gasteiger partial charge < -0.3 is 10.6 Å². The largest absolute Gasteiger partial charge is 0.376 e. The summed E-state index contributed by atoms with van der Waals surface area (Å²) in [4.78, 5) is 23.3. The first-order valence-electron chi connectivity index (χ1n) is 7.75. The Bertz CT molecular complexity index is 886. The van der Waals surface area contributed by atoms with Crippen LogP contribution in [-0.4, -0.2) is 18.2 Å². The van der Waals surface area contributed by atoms with E-state index in [1.807, 2.05) is 42.5 Å². The molecule has 0 saturated carbocycles. The third-order valence-corrected chi connectivity index (χ3v) is 3.78. The normalized spacial score (nSPS) is 10.4. The van der Waals surface area contributed by atoms with Crippen LogP contribution in [0, 0.1) is 0 Å². The van der Waals surface area contributed by atoms with Crippen molar-refractivity contribution in [3.05, 3.63) is 72.3 Å². The van der Waals surface area contributed by atoms with Gasteiger partial charge in [0.1, 0.15) is 0 Å². The molecule has 0 unspecified atom stereocenters. The summed E-state index contributed by atoms with van der Waals surface area (Å²) in [5.41, 5.74) is 2.22. The monoisotopic (exact) mass is 318 g/mol. The maximum Gasteiger partial charge on any atom is 0.243 e. The Morgan fingerprint density at radius 3 is 2.21 bits per heavy atom. The van der Waals surface area contributed by atoms with Gasteiger partial charge in [-0.3, -0.25) is 9.59 Å². The smallest absolute Gasteiger partial charge is 0.243 e. The van der Waals surface area contributed by atoms with Crippen LogP contribution in [0.25, 0.3) is 10.8 Å². The first-order chi connectivity index (χ1) is 11.6. The Kier molecular flexibility index (Phi) is 4.57. The summed E-state index contributed by atoms with van der Waals surface area (Å²) in [6.07, 6.45) is 0. The number of hydrogen-bond acceptors (Lipinski definition) is 3. The van der Waals surface area contributed by atoms with E-state index in [0.29, 0.717) is 5.56 Å². The Balaban J connectivity index is 1.59. The van der Waals surface area contributed by atoms with Gasteiger partial charge >= 0.3 is 0 Å². The van der Waals surface area contributed by atoms with Crippen LogP contribution in [0.4, 0.5) is 11.4 Å². The van der Waals surface area contributed by atoms with Crippen molar-refractivity contribution in [2.45, 2.75) is 6.92 Å². The van der Waals surface area contributed by atoms with Crippen LogP contribution in [0.15, 0.2) is 66.7 Å². The lowest BCUT2D eigenvalue weighted by Gasteiger charge is -2.09. The maximum atomic E-state index is 12.1. The number of nitrogens with one attached hydrogen (secondary N) is 2. The number of hydrogen-bond donors (Lipinski definition) is 2. The second-order valence-electron chi connectivity index (χ2n) is 5.60. The van der Waals surface area contributed by atoms with Crippen molar-refractivity contribution >= 4 is 33.8 Å². The number of carbonyl (C=O) groups is 2. The predicted octanol–water partition coefficient (Wildman–Crippen LogP) is 4.09. The zero-order chi connectivity index (χ0) is 16.9. The first kappa shape index (κ1) is 15.7. The molecular weight excluding hydrogens is 300 g/mol. The molecule has 0 heterocycles. The number of carbonyl (C=O) groups excluding carboxylic acids is 2. The SMILES string of the molecule is CC(=O)c1ccc(NCC(=O)Nc2ccc3ccccc3c2)cc1. The Hall–Kier alpha value is -3.14. The average Bonchev–Trinajstić information content (AvgIpc) is 2.60. The number of amides is 1. The minimum absolute atomic E-state index is 0.0237. The van der Waals surface area contributed by atoms with Crippen molar-refractivity contribution < 1.29 is 9.59 Å². The molecule has 0 atom stereocenters. The summed E-state index contributed by atoms with van der Waals surface area (Å²) in [5.74, 6) is -0.100. The van der Waals surface area contributed by atoms with Crippen molar-refractivity contribution in [2.75, 3.05) is 17.2 Å². The topological polar surface area (TPSA) is 58.2 Å². The summed E-state index contributed by atoms with van der Waals surface area (Å²) >= 11 is 0. The van der Waals surface area contributed by atoms with E-state index in [0.717, 1.165) is 22.1 Å². The molecule has 0 fully saturated rings. The molecule has 3 aromatic carbocycles. The first-order valence-corrected chi connectivity index (χ1v) is 7.75. The quantitative estimate of drug-likeness (QED) is 0.697. The van der Waals surface area contributed by atoms with Crippen LogP contribution in [0.5, 0.6) is 0 Å². The van der Waals surface area contributed by atoms with Crippen LogP contribution in [0.3, 0.4) is 0 Å². The Morgan fingerprint density at radius 2 is 1.50 bits per heavy atom. The zero-order valence-corrected chi connectivity index (χ0v) is 13.4. The highest BCUT2D eigenvalue weighted by molar-refractivity contribution is 5.97. The maximum absolute atomic E-state index is 12.1. The van der Waals surface area contributed by atoms with E-state index in [-0.39, 0.29) is 18.2 Å². The van der Waals surface area contributed by atoms with Crippen LogP contribution in [0.1, 0.15) is 17.3 Å². The third-order valence-electron chi connectivity index (χ3n) is 3.78. The predicted molar refractivity (Wildman–Crippen MR) is 97.5 cm³/mol. The van der Waals surface area contributed by atoms with Crippen molar-refractivity contribution in [1.82, 2.24) is 0 Å². The van der Waals surface area contributed by atoms with Gasteiger partial charge in [-0.2, -0.15) is 0 Å². The zero-order valence-electron chi connectivity index (χ0n) is 13.4. The van der Waals surface area contributed by atoms with Gasteiger partial charge in [-0.15, -0.1) is 0 Å². The van der Waals surface area contributed by atoms with E-state index in [2.05, 4.69) is 10.6 Å². The lowest BCUT2D eigenvalue weighted by Crippen LogP contribution is -2.21. The average molecular weight is 318 g/mol. The Morgan fingerprint density at radius 1 is 0.833 bits per heavy atom. The van der Waals surface area contributed by atoms with Crippen LogP contribution >= 0.6 is 0 Å². The number of Topliss-reactive ketones (excluding diaryl/α,β-unsaturated/α-hetero) is 1. The molecule has 0 spiro atoms. The summed E-state index contributed by atoms with van der Waals surface area (Å²) < 4.78 is 0. The summed E-state index contributed by atoms with van der Waals surface area (Å²) in [6.45, 7) is 1.69. The molecule has 2 N–H and O–H groups in total. The van der Waals surface area contributed by atoms with Gasteiger partial charge in [0.2, 0.25) is 5.91 Å². The highest BCUT2D eigenvalue weighted by Crippen LogP contribution is 2.18. The van der Waals surface area contributed by atoms with Gasteiger partial charge in [-0.1, -0.05) is 30.3 Å². The molecule has 0 bridgehead atoms. The molecule has 0 aliphatic rings. The number of fused-ring (bicyclic) bond motifs is 1. The molecular formula is C20H18N2O2. The Labute approximate surface area is 140 Å². The standard InChI is InChI=1S/C20H18N2O2/c1-14(23)15-6-9-18(10-7-15)21-13-20(24)22-19-11-8-16-4-2-3-5-17(16)12-19/h2-12,21H,13H2,1H3,(H,22,24). The van der Waals surface area contributed by atoms with Gasteiger partial charge in [0.25, 0.3) is 0 Å². The number of benzene rings is 3. The molecule has 3 aromatic rings. The highest BCUT2D eigenvalue weighted by Gasteiger charge is 2.04. The fourth-order valence-electron chi connectivity index (χ4n) is 2.48. The minimum atomic E-state index is -0.124. The summed E-state index contributed by atoms with van der Waals surface area (Å²) in [5, 5.41) is 8.15. The van der Waals surface area contributed by atoms with E-state index in [4.69, 9.17) is 0 Å². The fourth-order valence-corrected chi connectivity index (χ4v) is 2.48. The molecule has 0 aliphatic carbocycles. The van der Waals surface area contributed by atoms with Gasteiger partial charge in [0.05, 0.1) is 6.54 Å². The molecule has 0 radical (unpaired) electrons. The number of ketones is 1. The van der Waals surface area contributed by atoms with Crippen molar-refractivity contribution in [3.63, 3.8) is 0 Å². The summed E-state index contributed by atoms with van der Waals surface area (Å²) in [6, 6.07) is 20.9. The molecule has 4 nitrogen and oxygen atoms in total. The molecule has 120 valence electrons. The lowest BCUT2D eigenvalue weighted by molar-refractivity contribution is -0.114. The molecule has 24 heavy (non-hydrogen) atoms. The lowest BCUT2D eigenvalue weighted by atomic mass is 10.1. The molecule has 0 aromatic heterocycles. The molecule has 1 amide bonds. The van der Waals surface area contributed by atoms with Gasteiger partial charge in [0, 0.05) is 16.9 Å². The van der Waals surface area contributed by atoms with E-state index >= 15 is 0 Å². The van der Waals surface area contributed by atoms with Gasteiger partial charge in [-0.05, 0) is 54.1 Å². The van der Waals surface area contributed by atoms with Crippen LogP contribution in [-0.2, 0) is 4.79 Å². The molecule has 3 rings (SSSR count). The number of rotatable bonds is 5. The molecule has 0 aliphatic heterocycles. The fraction of sp³-hybridized carbons (Fsp3) is 0.100. The summed E-state index contributed by atoms with van der Waals surface area (Å²) in [7, 11) is 0. The van der Waals surface area contributed by atoms with Crippen molar-refractivity contribution in [3.8, 4) is 0 Å². The van der Waals surface area contributed by atoms with Gasteiger partial charge in [0.15, 0.2) is 5.78 Å². The van der Waals surface area contributed by atoms with E-state index in [1.165, 1.54) is 6.92 Å². The van der Waals surface area contributed by atoms with E-state index in [9.17, 15) is 9.59 Å². The second-order valence-corrected chi connectivity index (χ2v) is 5.60. The third kappa shape index (κ3) is 3.79. The number of anilines is 2. The minimum Gasteiger partial charge on any atom is -0.376 e. The van der Waals surface area contributed by atoms with E-state index in [1.54, 1.807) is 24.3 Å². The van der Waals surface area contributed by atoms with Crippen LogP contribution < -0.4 is 10.6 Å². The van der Waals surface area contributed by atoms with Crippen molar-refractivity contribution in [2.24, 2.45) is 0 Å². The van der Waals surface area contributed by atoms with Gasteiger partial charge in [-0.25, -0.2) is 0 Å². The second kappa shape index (κ2) is 6.96. The van der Waals surface area contributed by atoms with Crippen LogP contribution in [0.2, 0.25) is 0 Å². The molecule has 4 heteroatoms. The highest BCUT2D eigenvalue weighted by atomic mass is 16.2. The van der Waals surface area contributed by atoms with Crippen molar-refractivity contribution in [1.29, 1.82) is 0 Å². The van der Waals surface area contributed by atoms with E-state index < -0.39 is 0 Å². The molecule has 0 saturated heterocycles.